The number of hydrogen-bond donors (Lipinski definition) is 1. The fourth-order valence-electron chi connectivity index (χ4n) is 1.39. The Kier molecular flexibility index (Phi) is 2.63. The minimum absolute atomic E-state index is 0.0871. The van der Waals surface area contributed by atoms with Gasteiger partial charge >= 0.3 is 0 Å². The Hall–Kier alpha value is -2.60. The van der Waals surface area contributed by atoms with E-state index in [2.05, 4.69) is 15.1 Å². The standard InChI is InChI=1S/C11H10N6/c1-7(2)8-3-4-17(16-8)11-14-9(5-12)10(6-13)15-11/h3-4,7H,1-2H3,(H,14,15). The SMILES string of the molecule is CC(C)c1ccn(-c2nc(C#N)c(C#N)[nH]2)n1. The Labute approximate surface area is 98.1 Å². The molecular weight excluding hydrogens is 216 g/mol. The first-order valence-electron chi connectivity index (χ1n) is 5.12. The van der Waals surface area contributed by atoms with Gasteiger partial charge in [-0.2, -0.15) is 20.6 Å². The molecular formula is C11H10N6. The van der Waals surface area contributed by atoms with Gasteiger partial charge in [0.15, 0.2) is 11.4 Å². The van der Waals surface area contributed by atoms with Crippen molar-refractivity contribution in [2.45, 2.75) is 19.8 Å². The maximum absolute atomic E-state index is 8.80. The van der Waals surface area contributed by atoms with Crippen molar-refractivity contribution in [3.63, 3.8) is 0 Å². The van der Waals surface area contributed by atoms with Gasteiger partial charge in [-0.1, -0.05) is 13.8 Å². The van der Waals surface area contributed by atoms with Crippen molar-refractivity contribution in [3.05, 3.63) is 29.3 Å². The lowest BCUT2D eigenvalue weighted by Crippen LogP contribution is -1.99. The molecule has 0 aliphatic carbocycles. The smallest absolute Gasteiger partial charge is 0.230 e. The summed E-state index contributed by atoms with van der Waals surface area (Å²) in [7, 11) is 0. The molecule has 0 fully saturated rings. The molecule has 0 amide bonds. The van der Waals surface area contributed by atoms with E-state index in [1.807, 2.05) is 32.1 Å². The summed E-state index contributed by atoms with van der Waals surface area (Å²) < 4.78 is 1.52. The second kappa shape index (κ2) is 4.11. The fraction of sp³-hybridized carbons (Fsp3) is 0.273. The minimum atomic E-state index is 0.0871. The van der Waals surface area contributed by atoms with Crippen molar-refractivity contribution < 1.29 is 0 Å². The molecule has 6 nitrogen and oxygen atoms in total. The molecule has 6 heteroatoms. The van der Waals surface area contributed by atoms with Crippen LogP contribution in [0.4, 0.5) is 0 Å². The summed E-state index contributed by atoms with van der Waals surface area (Å²) in [5.74, 6) is 0.696. The summed E-state index contributed by atoms with van der Waals surface area (Å²) in [6, 6.07) is 5.63. The first-order chi connectivity index (χ1) is 8.15. The average Bonchev–Trinajstić information content (AvgIpc) is 2.94. The molecule has 0 aromatic carbocycles. The van der Waals surface area contributed by atoms with Gasteiger partial charge in [-0.05, 0) is 12.0 Å². The van der Waals surface area contributed by atoms with Crippen molar-refractivity contribution >= 4 is 0 Å². The molecule has 0 saturated carbocycles. The highest BCUT2D eigenvalue weighted by molar-refractivity contribution is 5.39. The van der Waals surface area contributed by atoms with Crippen molar-refractivity contribution in [1.29, 1.82) is 10.5 Å². The summed E-state index contributed by atoms with van der Waals surface area (Å²) in [5.41, 5.74) is 1.17. The van der Waals surface area contributed by atoms with E-state index >= 15 is 0 Å². The van der Waals surface area contributed by atoms with Gasteiger partial charge in [0, 0.05) is 6.20 Å². The zero-order valence-corrected chi connectivity index (χ0v) is 9.47. The summed E-state index contributed by atoms with van der Waals surface area (Å²) in [5, 5.41) is 21.9. The first-order valence-corrected chi connectivity index (χ1v) is 5.12. The molecule has 0 aliphatic rings. The van der Waals surface area contributed by atoms with Gasteiger partial charge in [0.2, 0.25) is 5.95 Å². The van der Waals surface area contributed by atoms with Crippen LogP contribution < -0.4 is 0 Å². The van der Waals surface area contributed by atoms with Gasteiger partial charge in [0.05, 0.1) is 5.69 Å². The lowest BCUT2D eigenvalue weighted by Gasteiger charge is -1.97. The lowest BCUT2D eigenvalue weighted by molar-refractivity contribution is 0.748. The number of rotatable bonds is 2. The molecule has 2 aromatic rings. The van der Waals surface area contributed by atoms with Crippen LogP contribution in [-0.4, -0.2) is 19.7 Å². The maximum atomic E-state index is 8.80. The highest BCUT2D eigenvalue weighted by Crippen LogP contribution is 2.13. The van der Waals surface area contributed by atoms with E-state index in [-0.39, 0.29) is 11.4 Å². The predicted molar refractivity (Wildman–Crippen MR) is 59.2 cm³/mol. The number of aromatic amines is 1. The van der Waals surface area contributed by atoms with Crippen LogP contribution in [0, 0.1) is 22.7 Å². The summed E-state index contributed by atoms with van der Waals surface area (Å²) >= 11 is 0. The molecule has 0 bridgehead atoms. The molecule has 2 heterocycles. The van der Waals surface area contributed by atoms with E-state index in [1.54, 1.807) is 6.20 Å². The first kappa shape index (κ1) is 10.9. The van der Waals surface area contributed by atoms with Crippen LogP contribution in [0.15, 0.2) is 12.3 Å². The molecule has 84 valence electrons. The van der Waals surface area contributed by atoms with Gasteiger partial charge in [-0.15, -0.1) is 0 Å². The zero-order valence-electron chi connectivity index (χ0n) is 9.47. The molecule has 0 unspecified atom stereocenters. The molecule has 0 aliphatic heterocycles. The van der Waals surface area contributed by atoms with Gasteiger partial charge < -0.3 is 4.98 Å². The van der Waals surface area contributed by atoms with Crippen LogP contribution in [0.3, 0.4) is 0 Å². The third kappa shape index (κ3) is 1.88. The lowest BCUT2D eigenvalue weighted by atomic mass is 10.1. The van der Waals surface area contributed by atoms with Crippen LogP contribution >= 0.6 is 0 Å². The second-order valence-electron chi connectivity index (χ2n) is 3.85. The van der Waals surface area contributed by atoms with Crippen LogP contribution in [0.5, 0.6) is 0 Å². The van der Waals surface area contributed by atoms with Crippen molar-refractivity contribution in [1.82, 2.24) is 19.7 Å². The molecule has 0 saturated heterocycles. The van der Waals surface area contributed by atoms with Crippen molar-refractivity contribution in [2.24, 2.45) is 0 Å². The number of aromatic nitrogens is 4. The van der Waals surface area contributed by atoms with Crippen LogP contribution in [0.2, 0.25) is 0 Å². The van der Waals surface area contributed by atoms with Crippen LogP contribution in [0.25, 0.3) is 5.95 Å². The Morgan fingerprint density at radius 1 is 1.35 bits per heavy atom. The maximum Gasteiger partial charge on any atom is 0.230 e. The number of H-pyrrole nitrogens is 1. The van der Waals surface area contributed by atoms with Crippen molar-refractivity contribution in [3.8, 4) is 18.1 Å². The largest absolute Gasteiger partial charge is 0.313 e. The predicted octanol–water partition coefficient (Wildman–Crippen LogP) is 1.46. The molecule has 2 rings (SSSR count). The zero-order chi connectivity index (χ0) is 12.4. The van der Waals surface area contributed by atoms with E-state index in [0.29, 0.717) is 11.9 Å². The summed E-state index contributed by atoms with van der Waals surface area (Å²) in [4.78, 5) is 6.76. The monoisotopic (exact) mass is 226 g/mol. The van der Waals surface area contributed by atoms with Crippen molar-refractivity contribution in [2.75, 3.05) is 0 Å². The molecule has 17 heavy (non-hydrogen) atoms. The normalized spacial score (nSPS) is 10.2. The highest BCUT2D eigenvalue weighted by Gasteiger charge is 2.12. The Balaban J connectivity index is 2.44. The number of imidazole rings is 1. The average molecular weight is 226 g/mol. The molecule has 0 radical (unpaired) electrons. The van der Waals surface area contributed by atoms with Crippen LogP contribution in [0.1, 0.15) is 36.8 Å². The third-order valence-electron chi connectivity index (χ3n) is 2.33. The van der Waals surface area contributed by atoms with Crippen LogP contribution in [-0.2, 0) is 0 Å². The Bertz CT molecular complexity index is 588. The number of nitrogens with zero attached hydrogens (tertiary/aromatic N) is 5. The number of hydrogen-bond acceptors (Lipinski definition) is 4. The quantitative estimate of drug-likeness (QED) is 0.838. The van der Waals surface area contributed by atoms with Gasteiger partial charge in [0.25, 0.3) is 0 Å². The summed E-state index contributed by atoms with van der Waals surface area (Å²) in [6.45, 7) is 4.08. The van der Waals surface area contributed by atoms with E-state index in [0.717, 1.165) is 5.69 Å². The second-order valence-corrected chi connectivity index (χ2v) is 3.85. The minimum Gasteiger partial charge on any atom is -0.313 e. The molecule has 1 N–H and O–H groups in total. The Morgan fingerprint density at radius 3 is 2.59 bits per heavy atom. The topological polar surface area (TPSA) is 94.1 Å². The van der Waals surface area contributed by atoms with Gasteiger partial charge in [-0.3, -0.25) is 0 Å². The Morgan fingerprint density at radius 2 is 2.12 bits per heavy atom. The number of nitrogens with one attached hydrogen (secondary N) is 1. The number of nitriles is 2. The summed E-state index contributed by atoms with van der Waals surface area (Å²) in [6.07, 6.45) is 1.75. The van der Waals surface area contributed by atoms with E-state index in [4.69, 9.17) is 10.5 Å². The van der Waals surface area contributed by atoms with E-state index in [9.17, 15) is 0 Å². The molecule has 0 atom stereocenters. The fourth-order valence-corrected chi connectivity index (χ4v) is 1.39. The molecule has 0 spiro atoms. The van der Waals surface area contributed by atoms with E-state index < -0.39 is 0 Å². The van der Waals surface area contributed by atoms with Gasteiger partial charge in [-0.25, -0.2) is 4.68 Å². The highest BCUT2D eigenvalue weighted by atomic mass is 15.3. The molecule has 2 aromatic heterocycles. The van der Waals surface area contributed by atoms with Gasteiger partial charge in [0.1, 0.15) is 12.1 Å². The third-order valence-corrected chi connectivity index (χ3v) is 2.33. The van der Waals surface area contributed by atoms with E-state index in [1.165, 1.54) is 4.68 Å².